The second kappa shape index (κ2) is 5.49. The first kappa shape index (κ1) is 12.9. The van der Waals surface area contributed by atoms with Crippen LogP contribution in [0.15, 0.2) is 0 Å². The van der Waals surface area contributed by atoms with Crippen LogP contribution in [0.2, 0.25) is 0 Å². The van der Waals surface area contributed by atoms with Crippen LogP contribution >= 0.6 is 11.3 Å². The second-order valence-electron chi connectivity index (χ2n) is 5.55. The Morgan fingerprint density at radius 2 is 1.79 bits per heavy atom. The second-order valence-corrected chi connectivity index (χ2v) is 6.52. The van der Waals surface area contributed by atoms with Crippen molar-refractivity contribution in [3.8, 4) is 0 Å². The fraction of sp³-hybridized carbons (Fsp3) is 0.714. The highest BCUT2D eigenvalue weighted by Crippen LogP contribution is 2.44. The highest BCUT2D eigenvalue weighted by Gasteiger charge is 2.32. The molecule has 1 aromatic heterocycles. The van der Waals surface area contributed by atoms with E-state index in [0.717, 1.165) is 36.8 Å². The Bertz CT molecular complexity index is 460. The Kier molecular flexibility index (Phi) is 3.73. The van der Waals surface area contributed by atoms with Crippen LogP contribution in [-0.2, 0) is 0 Å². The van der Waals surface area contributed by atoms with Gasteiger partial charge in [0.15, 0.2) is 5.13 Å². The fourth-order valence-corrected chi connectivity index (χ4v) is 3.72. The molecule has 1 saturated carbocycles. The van der Waals surface area contributed by atoms with Gasteiger partial charge in [0.2, 0.25) is 0 Å². The van der Waals surface area contributed by atoms with Crippen molar-refractivity contribution in [1.82, 2.24) is 4.98 Å². The van der Waals surface area contributed by atoms with E-state index in [4.69, 9.17) is 0 Å². The summed E-state index contributed by atoms with van der Waals surface area (Å²) in [7, 11) is 0. The van der Waals surface area contributed by atoms with Gasteiger partial charge in [-0.3, -0.25) is 0 Å². The maximum atomic E-state index is 11.3. The molecule has 3 rings (SSSR count). The van der Waals surface area contributed by atoms with Gasteiger partial charge in [0.25, 0.3) is 0 Å². The molecule has 104 valence electrons. The quantitative estimate of drug-likeness (QED) is 0.921. The lowest BCUT2D eigenvalue weighted by Crippen LogP contribution is -2.26. The minimum absolute atomic E-state index is 0.408. The molecule has 2 aliphatic rings. The SMILES string of the molecule is O=C(O)c1sc(N2CCCCCCC2)nc1C1CC1. The lowest BCUT2D eigenvalue weighted by molar-refractivity contribution is 0.0700. The van der Waals surface area contributed by atoms with E-state index in [2.05, 4.69) is 9.88 Å². The predicted molar refractivity (Wildman–Crippen MR) is 76.3 cm³/mol. The van der Waals surface area contributed by atoms with Crippen LogP contribution in [0.3, 0.4) is 0 Å². The lowest BCUT2D eigenvalue weighted by Gasteiger charge is -2.23. The van der Waals surface area contributed by atoms with Gasteiger partial charge < -0.3 is 10.0 Å². The van der Waals surface area contributed by atoms with E-state index >= 15 is 0 Å². The molecule has 0 atom stereocenters. The summed E-state index contributed by atoms with van der Waals surface area (Å²) in [6, 6.07) is 0. The minimum atomic E-state index is -0.808. The van der Waals surface area contributed by atoms with Crippen molar-refractivity contribution < 1.29 is 9.90 Å². The molecule has 1 aliphatic heterocycles. The molecule has 0 aromatic carbocycles. The highest BCUT2D eigenvalue weighted by molar-refractivity contribution is 7.17. The van der Waals surface area contributed by atoms with Crippen LogP contribution in [-0.4, -0.2) is 29.1 Å². The van der Waals surface area contributed by atoms with Crippen LogP contribution in [0.25, 0.3) is 0 Å². The van der Waals surface area contributed by atoms with E-state index in [1.54, 1.807) is 0 Å². The van der Waals surface area contributed by atoms with Crippen molar-refractivity contribution in [2.75, 3.05) is 18.0 Å². The summed E-state index contributed by atoms with van der Waals surface area (Å²) < 4.78 is 0. The van der Waals surface area contributed by atoms with Crippen molar-refractivity contribution in [3.63, 3.8) is 0 Å². The number of aromatic carboxylic acids is 1. The molecule has 1 aromatic rings. The third kappa shape index (κ3) is 2.91. The Hall–Kier alpha value is -1.10. The first-order valence-corrected chi connectivity index (χ1v) is 8.06. The zero-order valence-corrected chi connectivity index (χ0v) is 11.9. The zero-order chi connectivity index (χ0) is 13.2. The van der Waals surface area contributed by atoms with E-state index in [0.29, 0.717) is 10.8 Å². The largest absolute Gasteiger partial charge is 0.477 e. The van der Waals surface area contributed by atoms with E-state index in [-0.39, 0.29) is 0 Å². The molecule has 4 nitrogen and oxygen atoms in total. The Labute approximate surface area is 117 Å². The average molecular weight is 280 g/mol. The molecular formula is C14H20N2O2S. The van der Waals surface area contributed by atoms with Gasteiger partial charge in [-0.25, -0.2) is 9.78 Å². The number of aromatic nitrogens is 1. The van der Waals surface area contributed by atoms with Crippen LogP contribution < -0.4 is 4.90 Å². The molecule has 0 unspecified atom stereocenters. The molecule has 0 bridgehead atoms. The zero-order valence-electron chi connectivity index (χ0n) is 11.1. The summed E-state index contributed by atoms with van der Waals surface area (Å²) >= 11 is 1.37. The monoisotopic (exact) mass is 280 g/mol. The number of hydrogen-bond acceptors (Lipinski definition) is 4. The number of hydrogen-bond donors (Lipinski definition) is 1. The smallest absolute Gasteiger partial charge is 0.347 e. The van der Waals surface area contributed by atoms with Crippen molar-refractivity contribution in [2.45, 2.75) is 50.9 Å². The van der Waals surface area contributed by atoms with E-state index < -0.39 is 5.97 Å². The molecule has 1 saturated heterocycles. The Balaban J connectivity index is 1.82. The molecule has 0 spiro atoms. The first-order chi connectivity index (χ1) is 9.25. The summed E-state index contributed by atoms with van der Waals surface area (Å²) in [6.45, 7) is 2.05. The van der Waals surface area contributed by atoms with Crippen LogP contribution in [0.5, 0.6) is 0 Å². The number of carbonyl (C=O) groups is 1. The van der Waals surface area contributed by atoms with Crippen molar-refractivity contribution in [1.29, 1.82) is 0 Å². The fourth-order valence-electron chi connectivity index (χ4n) is 2.68. The first-order valence-electron chi connectivity index (χ1n) is 7.24. The van der Waals surface area contributed by atoms with E-state index in [9.17, 15) is 9.90 Å². The molecule has 1 aliphatic carbocycles. The normalized spacial score (nSPS) is 20.9. The topological polar surface area (TPSA) is 53.4 Å². The van der Waals surface area contributed by atoms with Gasteiger partial charge >= 0.3 is 5.97 Å². The summed E-state index contributed by atoms with van der Waals surface area (Å²) in [5.74, 6) is -0.399. The summed E-state index contributed by atoms with van der Waals surface area (Å²) in [4.78, 5) is 18.7. The molecule has 5 heteroatoms. The molecule has 19 heavy (non-hydrogen) atoms. The van der Waals surface area contributed by atoms with Crippen molar-refractivity contribution in [3.05, 3.63) is 10.6 Å². The van der Waals surface area contributed by atoms with Gasteiger partial charge in [0, 0.05) is 19.0 Å². The van der Waals surface area contributed by atoms with Gasteiger partial charge in [0.1, 0.15) is 4.88 Å². The van der Waals surface area contributed by atoms with Gasteiger partial charge in [-0.05, 0) is 25.7 Å². The summed E-state index contributed by atoms with van der Waals surface area (Å²) in [5, 5.41) is 10.2. The molecule has 1 N–H and O–H groups in total. The Morgan fingerprint density at radius 1 is 1.16 bits per heavy atom. The molecular weight excluding hydrogens is 260 g/mol. The van der Waals surface area contributed by atoms with Crippen molar-refractivity contribution in [2.24, 2.45) is 0 Å². The van der Waals surface area contributed by atoms with E-state index in [1.165, 1.54) is 43.4 Å². The minimum Gasteiger partial charge on any atom is -0.477 e. The van der Waals surface area contributed by atoms with Gasteiger partial charge in [-0.2, -0.15) is 0 Å². The number of rotatable bonds is 3. The standard InChI is InChI=1S/C14H20N2O2S/c17-13(18)12-11(10-6-7-10)15-14(19-12)16-8-4-2-1-3-5-9-16/h10H,1-9H2,(H,17,18). The van der Waals surface area contributed by atoms with Crippen molar-refractivity contribution >= 4 is 22.4 Å². The van der Waals surface area contributed by atoms with Crippen LogP contribution in [0, 0.1) is 0 Å². The average Bonchev–Trinajstić information content (AvgIpc) is 3.08. The predicted octanol–water partition coefficient (Wildman–Crippen LogP) is 3.49. The molecule has 0 amide bonds. The van der Waals surface area contributed by atoms with Crippen LogP contribution in [0.1, 0.15) is 66.2 Å². The molecule has 0 radical (unpaired) electrons. The Morgan fingerprint density at radius 3 is 2.37 bits per heavy atom. The number of carboxylic acid groups (broad SMARTS) is 1. The maximum absolute atomic E-state index is 11.3. The van der Waals surface area contributed by atoms with Crippen LogP contribution in [0.4, 0.5) is 5.13 Å². The van der Waals surface area contributed by atoms with Gasteiger partial charge in [0.05, 0.1) is 5.69 Å². The van der Waals surface area contributed by atoms with Gasteiger partial charge in [-0.1, -0.05) is 30.6 Å². The molecule has 2 fully saturated rings. The van der Waals surface area contributed by atoms with E-state index in [1.807, 2.05) is 0 Å². The summed E-state index contributed by atoms with van der Waals surface area (Å²) in [5.41, 5.74) is 0.842. The maximum Gasteiger partial charge on any atom is 0.347 e. The number of anilines is 1. The third-order valence-electron chi connectivity index (χ3n) is 3.93. The highest BCUT2D eigenvalue weighted by atomic mass is 32.1. The summed E-state index contributed by atoms with van der Waals surface area (Å²) in [6.07, 6.45) is 8.49. The number of thiazole rings is 1. The van der Waals surface area contributed by atoms with Gasteiger partial charge in [-0.15, -0.1) is 0 Å². The number of carboxylic acids is 1. The molecule has 2 heterocycles. The number of nitrogens with zero attached hydrogens (tertiary/aromatic N) is 2. The lowest BCUT2D eigenvalue weighted by atomic mass is 10.1. The third-order valence-corrected chi connectivity index (χ3v) is 5.05.